The summed E-state index contributed by atoms with van der Waals surface area (Å²) in [7, 11) is 1.41. The van der Waals surface area contributed by atoms with Crippen LogP contribution in [0, 0.1) is 0 Å². The monoisotopic (exact) mass is 526 g/mol. The molecule has 2 aromatic rings. The summed E-state index contributed by atoms with van der Waals surface area (Å²) < 4.78 is 10.9. The Morgan fingerprint density at radius 2 is 1.47 bits per heavy atom. The maximum absolute atomic E-state index is 10.8. The summed E-state index contributed by atoms with van der Waals surface area (Å²) in [4.78, 5) is 21.3. The number of rotatable bonds is 10. The Bertz CT molecular complexity index is 912. The first-order valence-electron chi connectivity index (χ1n) is 9.53. The number of hydrogen-bond acceptors (Lipinski definition) is 7. The first-order chi connectivity index (χ1) is 15.2. The molecule has 2 aromatic carbocycles. The molecule has 11 heteroatoms. The van der Waals surface area contributed by atoms with Crippen LogP contribution < -0.4 is 0 Å². The predicted octanol–water partition coefficient (Wildman–Crippen LogP) is 5.39. The highest BCUT2D eigenvalue weighted by Gasteiger charge is 2.55. The molecule has 1 aliphatic rings. The first kappa shape index (κ1) is 25.9. The molecular formula is C21H22Cl4O7. The third kappa shape index (κ3) is 6.46. The minimum absolute atomic E-state index is 0.0272. The number of hydrogen-bond donors (Lipinski definition) is 1. The van der Waals surface area contributed by atoms with Crippen molar-refractivity contribution >= 4 is 46.4 Å². The van der Waals surface area contributed by atoms with E-state index in [0.717, 1.165) is 0 Å². The molecule has 0 saturated carbocycles. The Hall–Kier alpha value is -0.680. The van der Waals surface area contributed by atoms with Gasteiger partial charge in [0, 0.05) is 27.2 Å². The summed E-state index contributed by atoms with van der Waals surface area (Å²) in [5, 5.41) is 12.8. The highest BCUT2D eigenvalue weighted by molar-refractivity contribution is 6.35. The first-order valence-corrected chi connectivity index (χ1v) is 11.0. The molecule has 32 heavy (non-hydrogen) atoms. The van der Waals surface area contributed by atoms with Gasteiger partial charge in [-0.3, -0.25) is 0 Å². The molecule has 0 aliphatic carbocycles. The van der Waals surface area contributed by atoms with Gasteiger partial charge in [0.25, 0.3) is 0 Å². The smallest absolute Gasteiger partial charge is 0.189 e. The van der Waals surface area contributed by atoms with E-state index in [-0.39, 0.29) is 19.8 Å². The molecule has 0 amide bonds. The highest BCUT2D eigenvalue weighted by Crippen LogP contribution is 2.34. The Kier molecular flexibility index (Phi) is 9.43. The van der Waals surface area contributed by atoms with Gasteiger partial charge in [0.2, 0.25) is 0 Å². The van der Waals surface area contributed by atoms with Gasteiger partial charge in [0.15, 0.2) is 12.4 Å². The minimum Gasteiger partial charge on any atom is -0.382 e. The summed E-state index contributed by atoms with van der Waals surface area (Å²) in [6.07, 6.45) is -2.66. The van der Waals surface area contributed by atoms with Gasteiger partial charge in [-0.2, -0.15) is 0 Å². The van der Waals surface area contributed by atoms with Crippen LogP contribution in [-0.2, 0) is 42.2 Å². The van der Waals surface area contributed by atoms with E-state index in [4.69, 9.17) is 75.4 Å². The van der Waals surface area contributed by atoms with Crippen molar-refractivity contribution in [1.29, 1.82) is 0 Å². The van der Waals surface area contributed by atoms with Crippen molar-refractivity contribution in [2.45, 2.75) is 44.2 Å². The second-order valence-corrected chi connectivity index (χ2v) is 8.95. The van der Waals surface area contributed by atoms with Crippen LogP contribution in [0.3, 0.4) is 0 Å². The molecule has 0 unspecified atom stereocenters. The maximum atomic E-state index is 10.8. The average Bonchev–Trinajstić information content (AvgIpc) is 2.97. The van der Waals surface area contributed by atoms with E-state index >= 15 is 0 Å². The van der Waals surface area contributed by atoms with Crippen LogP contribution in [0.15, 0.2) is 36.4 Å². The fourth-order valence-corrected chi connectivity index (χ4v) is 4.05. The molecule has 1 heterocycles. The van der Waals surface area contributed by atoms with Crippen molar-refractivity contribution < 1.29 is 34.1 Å². The van der Waals surface area contributed by atoms with Crippen LogP contribution >= 0.6 is 46.4 Å². The molecule has 0 aromatic heterocycles. The summed E-state index contributed by atoms with van der Waals surface area (Å²) >= 11 is 24.0. The van der Waals surface area contributed by atoms with Gasteiger partial charge in [-0.15, -0.1) is 0 Å². The lowest BCUT2D eigenvalue weighted by Crippen LogP contribution is -2.48. The van der Waals surface area contributed by atoms with Gasteiger partial charge < -0.3 is 14.6 Å². The van der Waals surface area contributed by atoms with E-state index in [1.807, 2.05) is 0 Å². The largest absolute Gasteiger partial charge is 0.382 e. The molecule has 3 rings (SSSR count). The molecule has 0 spiro atoms. The van der Waals surface area contributed by atoms with Gasteiger partial charge in [-0.25, -0.2) is 19.6 Å². The van der Waals surface area contributed by atoms with Crippen LogP contribution in [-0.4, -0.2) is 42.9 Å². The van der Waals surface area contributed by atoms with E-state index in [2.05, 4.69) is 0 Å². The van der Waals surface area contributed by atoms with Gasteiger partial charge in [-0.1, -0.05) is 58.5 Å². The molecule has 1 saturated heterocycles. The number of benzene rings is 2. The number of methoxy groups -OCH3 is 1. The fraction of sp³-hybridized carbons (Fsp3) is 0.429. The van der Waals surface area contributed by atoms with E-state index in [0.29, 0.717) is 31.2 Å². The van der Waals surface area contributed by atoms with E-state index in [9.17, 15) is 5.11 Å². The third-order valence-corrected chi connectivity index (χ3v) is 6.02. The van der Waals surface area contributed by atoms with E-state index in [1.54, 1.807) is 36.4 Å². The summed E-state index contributed by atoms with van der Waals surface area (Å²) in [6, 6.07) is 10.0. The van der Waals surface area contributed by atoms with Gasteiger partial charge >= 0.3 is 0 Å². The van der Waals surface area contributed by atoms with Crippen molar-refractivity contribution in [3.05, 3.63) is 67.6 Å². The molecular weight excluding hydrogens is 506 g/mol. The third-order valence-electron chi connectivity index (χ3n) is 4.85. The summed E-state index contributed by atoms with van der Waals surface area (Å²) in [5.74, 6) is 0. The van der Waals surface area contributed by atoms with E-state index < -0.39 is 24.1 Å². The number of halogens is 4. The van der Waals surface area contributed by atoms with Crippen LogP contribution in [0.5, 0.6) is 0 Å². The van der Waals surface area contributed by atoms with Gasteiger partial charge in [-0.05, 0) is 42.3 Å². The zero-order valence-corrected chi connectivity index (χ0v) is 20.2. The molecule has 0 radical (unpaired) electrons. The van der Waals surface area contributed by atoms with Crippen LogP contribution in [0.2, 0.25) is 20.1 Å². The molecule has 176 valence electrons. The second-order valence-electron chi connectivity index (χ2n) is 7.27. The van der Waals surface area contributed by atoms with Crippen molar-refractivity contribution in [3.63, 3.8) is 0 Å². The second kappa shape index (κ2) is 11.6. The zero-order valence-electron chi connectivity index (χ0n) is 17.2. The number of ether oxygens (including phenoxy) is 2. The quantitative estimate of drug-likeness (QED) is 0.252. The Labute approximate surface area is 205 Å². The maximum Gasteiger partial charge on any atom is 0.189 e. The summed E-state index contributed by atoms with van der Waals surface area (Å²) in [6.45, 7) is 1.55. The lowest BCUT2D eigenvalue weighted by Gasteiger charge is -2.27. The highest BCUT2D eigenvalue weighted by atomic mass is 35.5. The van der Waals surface area contributed by atoms with Crippen LogP contribution in [0.4, 0.5) is 0 Å². The zero-order chi connectivity index (χ0) is 23.3. The average molecular weight is 528 g/mol. The van der Waals surface area contributed by atoms with Crippen molar-refractivity contribution in [2.75, 3.05) is 13.7 Å². The molecule has 1 N–H and O–H groups in total. The Balaban J connectivity index is 1.55. The number of aliphatic hydroxyl groups is 1. The molecule has 0 bridgehead atoms. The molecule has 7 nitrogen and oxygen atoms in total. The van der Waals surface area contributed by atoms with Crippen molar-refractivity contribution in [2.24, 2.45) is 0 Å². The Morgan fingerprint density at radius 3 is 2.00 bits per heavy atom. The standard InChI is InChI=1S/C21H22Cl4O7/c1-21(26)19(32-30-10-13-4-6-15(23)8-17(13)25)18(31-20(21)27-2)11-29-28-9-12-3-5-14(22)7-16(12)24/h3-8,18-20,26H,9-11H2,1-2H3/t18-,19-,20-,21-/m1/s1. The van der Waals surface area contributed by atoms with Gasteiger partial charge in [0.05, 0.1) is 0 Å². The Morgan fingerprint density at radius 1 is 0.906 bits per heavy atom. The molecule has 4 atom stereocenters. The topological polar surface area (TPSA) is 75.6 Å². The predicted molar refractivity (Wildman–Crippen MR) is 120 cm³/mol. The van der Waals surface area contributed by atoms with Crippen molar-refractivity contribution in [1.82, 2.24) is 0 Å². The van der Waals surface area contributed by atoms with Gasteiger partial charge in [0.1, 0.15) is 31.5 Å². The lowest BCUT2D eigenvalue weighted by molar-refractivity contribution is -0.369. The molecule has 1 fully saturated rings. The van der Waals surface area contributed by atoms with Crippen LogP contribution in [0.25, 0.3) is 0 Å². The van der Waals surface area contributed by atoms with Crippen molar-refractivity contribution in [3.8, 4) is 0 Å². The lowest BCUT2D eigenvalue weighted by atomic mass is 9.98. The van der Waals surface area contributed by atoms with Crippen LogP contribution in [0.1, 0.15) is 18.1 Å². The minimum atomic E-state index is -1.52. The SMILES string of the molecule is CO[C@@H]1O[C@H](COOCc2ccc(Cl)cc2Cl)[C@@H](OOCc2ccc(Cl)cc2Cl)[C@@]1(C)O. The normalized spacial score (nSPS) is 25.4. The van der Waals surface area contributed by atoms with E-state index in [1.165, 1.54) is 14.0 Å². The molecule has 1 aliphatic heterocycles. The summed E-state index contributed by atoms with van der Waals surface area (Å²) in [5.41, 5.74) is -0.165. The fourth-order valence-electron chi connectivity index (χ4n) is 3.13.